The van der Waals surface area contributed by atoms with Gasteiger partial charge in [0.2, 0.25) is 0 Å². The molecule has 0 saturated carbocycles. The number of carbonyl (C=O) groups excluding carboxylic acids is 4. The van der Waals surface area contributed by atoms with Gasteiger partial charge >= 0.3 is 23.9 Å². The molecule has 0 bridgehead atoms. The molecule has 1 saturated heterocycles. The van der Waals surface area contributed by atoms with Crippen LogP contribution < -0.4 is 5.14 Å². The molecule has 0 aromatic heterocycles. The summed E-state index contributed by atoms with van der Waals surface area (Å²) in [7, 11) is 0. The van der Waals surface area contributed by atoms with Gasteiger partial charge in [0, 0.05) is 27.7 Å². The fourth-order valence-corrected chi connectivity index (χ4v) is 2.87. The fraction of sp³-hybridized carbons (Fsp3) is 0.714. The van der Waals surface area contributed by atoms with Gasteiger partial charge in [-0.1, -0.05) is 0 Å². The van der Waals surface area contributed by atoms with E-state index in [0.717, 1.165) is 20.8 Å². The summed E-state index contributed by atoms with van der Waals surface area (Å²) < 4.78 is 26.1. The van der Waals surface area contributed by atoms with E-state index in [-0.39, 0.29) is 6.61 Å². The van der Waals surface area contributed by atoms with Gasteiger partial charge in [-0.05, 0) is 11.9 Å². The van der Waals surface area contributed by atoms with E-state index < -0.39 is 53.7 Å². The molecule has 2 N–H and O–H groups in total. The van der Waals surface area contributed by atoms with Crippen molar-refractivity contribution in [1.82, 2.24) is 0 Å². The summed E-state index contributed by atoms with van der Waals surface area (Å²) in [5, 5.41) is 5.57. The summed E-state index contributed by atoms with van der Waals surface area (Å²) >= 11 is 0.714. The van der Waals surface area contributed by atoms with Crippen LogP contribution in [0, 0.1) is 0 Å². The topological polar surface area (TPSA) is 140 Å². The lowest BCUT2D eigenvalue weighted by molar-refractivity contribution is -0.237. The molecule has 0 aromatic carbocycles. The van der Waals surface area contributed by atoms with Gasteiger partial charge < -0.3 is 23.7 Å². The average molecular weight is 379 g/mol. The highest BCUT2D eigenvalue weighted by molar-refractivity contribution is 7.97. The highest BCUT2D eigenvalue weighted by atomic mass is 32.2. The summed E-state index contributed by atoms with van der Waals surface area (Å²) in [6.45, 7) is 4.39. The van der Waals surface area contributed by atoms with Crippen molar-refractivity contribution < 1.29 is 42.9 Å². The third kappa shape index (κ3) is 6.52. The van der Waals surface area contributed by atoms with Crippen molar-refractivity contribution in [1.29, 1.82) is 0 Å². The molecular formula is C14H21NO9S. The quantitative estimate of drug-likeness (QED) is 0.368. The molecule has 11 heteroatoms. The van der Waals surface area contributed by atoms with Crippen molar-refractivity contribution in [2.45, 2.75) is 57.5 Å². The zero-order valence-corrected chi connectivity index (χ0v) is 15.1. The first-order valence-electron chi connectivity index (χ1n) is 7.31. The van der Waals surface area contributed by atoms with Crippen LogP contribution in [0.4, 0.5) is 0 Å². The lowest BCUT2D eigenvalue weighted by Crippen LogP contribution is -2.61. The highest BCUT2D eigenvalue weighted by Crippen LogP contribution is 2.32. The van der Waals surface area contributed by atoms with E-state index in [1.54, 1.807) is 0 Å². The van der Waals surface area contributed by atoms with Gasteiger partial charge in [0.05, 0.1) is 0 Å². The molecule has 5 atom stereocenters. The van der Waals surface area contributed by atoms with E-state index in [0.29, 0.717) is 11.9 Å². The van der Waals surface area contributed by atoms with Gasteiger partial charge in [-0.15, -0.1) is 0 Å². The largest absolute Gasteiger partial charge is 0.463 e. The number of rotatable bonds is 6. The Hall–Kier alpha value is -1.85. The zero-order chi connectivity index (χ0) is 19.1. The second kappa shape index (κ2) is 9.59. The van der Waals surface area contributed by atoms with E-state index in [1.807, 2.05) is 0 Å². The Kier molecular flexibility index (Phi) is 8.13. The Morgan fingerprint density at radius 2 is 1.32 bits per heavy atom. The van der Waals surface area contributed by atoms with Gasteiger partial charge in [0.15, 0.2) is 23.7 Å². The molecular weight excluding hydrogens is 358 g/mol. The molecule has 0 aromatic rings. The third-order valence-corrected chi connectivity index (χ3v) is 3.73. The van der Waals surface area contributed by atoms with Crippen LogP contribution >= 0.6 is 11.9 Å². The number of nitrogens with two attached hydrogens (primary N) is 1. The highest BCUT2D eigenvalue weighted by Gasteiger charge is 2.52. The van der Waals surface area contributed by atoms with Crippen molar-refractivity contribution in [2.24, 2.45) is 5.14 Å². The summed E-state index contributed by atoms with van der Waals surface area (Å²) in [5.41, 5.74) is -0.930. The summed E-state index contributed by atoms with van der Waals surface area (Å²) in [5.74, 6) is -2.61. The fourth-order valence-electron chi connectivity index (χ4n) is 2.30. The molecule has 1 heterocycles. The number of hydrogen-bond donors (Lipinski definition) is 1. The summed E-state index contributed by atoms with van der Waals surface area (Å²) in [6, 6.07) is 0. The van der Waals surface area contributed by atoms with Crippen LogP contribution in [0.3, 0.4) is 0 Å². The minimum absolute atomic E-state index is 0.269. The first kappa shape index (κ1) is 21.2. The van der Waals surface area contributed by atoms with Crippen LogP contribution in [0.15, 0.2) is 0 Å². The van der Waals surface area contributed by atoms with Crippen LogP contribution in [-0.4, -0.2) is 60.3 Å². The molecule has 0 aliphatic carbocycles. The number of esters is 4. The van der Waals surface area contributed by atoms with Crippen LogP contribution in [0.1, 0.15) is 27.7 Å². The van der Waals surface area contributed by atoms with Gasteiger partial charge in [-0.2, -0.15) is 0 Å². The molecule has 0 amide bonds. The second-order valence-electron chi connectivity index (χ2n) is 5.20. The van der Waals surface area contributed by atoms with Crippen LogP contribution in [0.25, 0.3) is 0 Å². The Bertz CT molecular complexity index is 526. The minimum Gasteiger partial charge on any atom is -0.463 e. The molecule has 0 spiro atoms. The van der Waals surface area contributed by atoms with E-state index in [1.165, 1.54) is 6.92 Å². The standard InChI is InChI=1S/C14H21NO9S/c1-6(16)20-5-10-11(21-7(2)17)12(22-8(3)18)13(23-9(4)19)14(24-10)25-15/h10-14H,5,15H2,1-4H3/t10-,11-,12+,13-,14+/m1/s1. The SMILES string of the molecule is CC(=O)OC[C@H]1O[C@@H](SN)[C@H](OC(C)=O)[C@@H](OC(C)=O)[C@@H]1OC(C)=O. The lowest BCUT2D eigenvalue weighted by Gasteiger charge is -2.43. The zero-order valence-electron chi connectivity index (χ0n) is 14.3. The van der Waals surface area contributed by atoms with Crippen molar-refractivity contribution >= 4 is 35.8 Å². The maximum atomic E-state index is 11.5. The smallest absolute Gasteiger partial charge is 0.303 e. The van der Waals surface area contributed by atoms with Crippen molar-refractivity contribution in [2.75, 3.05) is 6.61 Å². The molecule has 1 aliphatic rings. The molecule has 10 nitrogen and oxygen atoms in total. The van der Waals surface area contributed by atoms with Gasteiger partial charge in [0.25, 0.3) is 0 Å². The Morgan fingerprint density at radius 3 is 1.76 bits per heavy atom. The van der Waals surface area contributed by atoms with Crippen LogP contribution in [-0.2, 0) is 42.9 Å². The monoisotopic (exact) mass is 379 g/mol. The first-order chi connectivity index (χ1) is 11.6. The van der Waals surface area contributed by atoms with Crippen molar-refractivity contribution in [3.05, 3.63) is 0 Å². The summed E-state index contributed by atoms with van der Waals surface area (Å²) in [4.78, 5) is 45.4. The Labute approximate surface area is 148 Å². The van der Waals surface area contributed by atoms with Crippen LogP contribution in [0.5, 0.6) is 0 Å². The summed E-state index contributed by atoms with van der Waals surface area (Å²) in [6.07, 6.45) is -4.42. The Balaban J connectivity index is 3.18. The minimum atomic E-state index is -1.18. The first-order valence-corrected chi connectivity index (χ1v) is 8.26. The average Bonchev–Trinajstić information content (AvgIpc) is 2.48. The normalized spacial score (nSPS) is 28.6. The second-order valence-corrected chi connectivity index (χ2v) is 5.94. The van der Waals surface area contributed by atoms with Gasteiger partial charge in [-0.3, -0.25) is 24.3 Å². The maximum Gasteiger partial charge on any atom is 0.303 e. The molecule has 142 valence electrons. The molecule has 0 radical (unpaired) electrons. The lowest BCUT2D eigenvalue weighted by atomic mass is 9.99. The van der Waals surface area contributed by atoms with Crippen molar-refractivity contribution in [3.8, 4) is 0 Å². The van der Waals surface area contributed by atoms with Gasteiger partial charge in [0.1, 0.15) is 12.7 Å². The number of carbonyl (C=O) groups is 4. The predicted molar refractivity (Wildman–Crippen MR) is 83.7 cm³/mol. The Morgan fingerprint density at radius 1 is 0.840 bits per heavy atom. The van der Waals surface area contributed by atoms with E-state index in [2.05, 4.69) is 0 Å². The maximum absolute atomic E-state index is 11.5. The van der Waals surface area contributed by atoms with Crippen LogP contribution in [0.2, 0.25) is 0 Å². The number of ether oxygens (including phenoxy) is 5. The molecule has 25 heavy (non-hydrogen) atoms. The van der Waals surface area contributed by atoms with Gasteiger partial charge in [-0.25, -0.2) is 0 Å². The third-order valence-electron chi connectivity index (χ3n) is 3.08. The predicted octanol–water partition coefficient (Wildman–Crippen LogP) is -0.324. The molecule has 1 aliphatic heterocycles. The van der Waals surface area contributed by atoms with E-state index in [4.69, 9.17) is 28.8 Å². The molecule has 1 fully saturated rings. The molecule has 0 unspecified atom stereocenters. The molecule has 1 rings (SSSR count). The number of hydrogen-bond acceptors (Lipinski definition) is 11. The van der Waals surface area contributed by atoms with Crippen molar-refractivity contribution in [3.63, 3.8) is 0 Å². The van der Waals surface area contributed by atoms with E-state index in [9.17, 15) is 19.2 Å². The van der Waals surface area contributed by atoms with E-state index >= 15 is 0 Å².